The SMILES string of the molecule is CC(C)(C)OC(=O)N1CCC(N(c2ccc(N)nc2)[SH](=O)=O)C1. The zero-order valence-corrected chi connectivity index (χ0v) is 14.3. The standard InChI is InChI=1S/C14H22N4O4S/c1-14(2,3)22-13(19)17-7-6-11(9-17)18(23(20)21)10-4-5-12(15)16-8-10/h4-5,8,11,23H,6-7,9H2,1-3H3,(H2,15,16). The van der Waals surface area contributed by atoms with Gasteiger partial charge in [0.05, 0.1) is 17.9 Å². The number of rotatable bonds is 3. The number of nitrogens with two attached hydrogens (primary N) is 1. The van der Waals surface area contributed by atoms with E-state index in [1.54, 1.807) is 32.9 Å². The van der Waals surface area contributed by atoms with Crippen LogP contribution in [0.1, 0.15) is 27.2 Å². The summed E-state index contributed by atoms with van der Waals surface area (Å²) in [6, 6.07) is 2.81. The molecule has 0 spiro atoms. The van der Waals surface area contributed by atoms with Crippen molar-refractivity contribution in [3.63, 3.8) is 0 Å². The van der Waals surface area contributed by atoms with Gasteiger partial charge in [0.15, 0.2) is 0 Å². The first-order valence-electron chi connectivity index (χ1n) is 7.30. The molecule has 0 bridgehead atoms. The van der Waals surface area contributed by atoms with E-state index >= 15 is 0 Å². The number of amides is 1. The molecule has 1 aromatic heterocycles. The Labute approximate surface area is 137 Å². The van der Waals surface area contributed by atoms with Crippen molar-refractivity contribution in [2.24, 2.45) is 0 Å². The molecule has 0 aromatic carbocycles. The number of pyridine rings is 1. The number of thiol groups is 1. The average molecular weight is 342 g/mol. The number of aromatic nitrogens is 1. The molecule has 0 radical (unpaired) electrons. The van der Waals surface area contributed by atoms with E-state index in [0.29, 0.717) is 24.5 Å². The van der Waals surface area contributed by atoms with Gasteiger partial charge >= 0.3 is 6.09 Å². The summed E-state index contributed by atoms with van der Waals surface area (Å²) in [7, 11) is -2.85. The molecule has 9 heteroatoms. The second-order valence-corrected chi connectivity index (χ2v) is 7.30. The summed E-state index contributed by atoms with van der Waals surface area (Å²) in [6.07, 6.45) is 1.51. The number of hydrogen-bond donors (Lipinski definition) is 2. The molecule has 1 amide bonds. The summed E-state index contributed by atoms with van der Waals surface area (Å²) < 4.78 is 29.9. The summed E-state index contributed by atoms with van der Waals surface area (Å²) >= 11 is 0. The predicted octanol–water partition coefficient (Wildman–Crippen LogP) is 1.01. The molecule has 1 aromatic rings. The lowest BCUT2D eigenvalue weighted by atomic mass is 10.2. The number of ether oxygens (including phenoxy) is 1. The van der Waals surface area contributed by atoms with Crippen molar-refractivity contribution in [2.75, 3.05) is 23.1 Å². The van der Waals surface area contributed by atoms with Gasteiger partial charge in [-0.15, -0.1) is 0 Å². The lowest BCUT2D eigenvalue weighted by molar-refractivity contribution is 0.0293. The van der Waals surface area contributed by atoms with Crippen molar-refractivity contribution >= 4 is 28.5 Å². The maximum atomic E-state index is 12.1. The Kier molecular flexibility index (Phi) is 4.98. The third kappa shape index (κ3) is 4.47. The predicted molar refractivity (Wildman–Crippen MR) is 87.7 cm³/mol. The minimum atomic E-state index is -2.85. The van der Waals surface area contributed by atoms with Gasteiger partial charge < -0.3 is 15.4 Å². The summed E-state index contributed by atoms with van der Waals surface area (Å²) in [5.41, 5.74) is 5.38. The number of anilines is 2. The van der Waals surface area contributed by atoms with Gasteiger partial charge in [0.1, 0.15) is 11.4 Å². The minimum Gasteiger partial charge on any atom is -0.444 e. The molecule has 1 fully saturated rings. The number of carbonyl (C=O) groups excluding carboxylic acids is 1. The van der Waals surface area contributed by atoms with Gasteiger partial charge in [0, 0.05) is 13.1 Å². The molecule has 1 atom stereocenters. The van der Waals surface area contributed by atoms with Crippen molar-refractivity contribution in [1.29, 1.82) is 0 Å². The lowest BCUT2D eigenvalue weighted by Gasteiger charge is -2.26. The monoisotopic (exact) mass is 342 g/mol. The Hall–Kier alpha value is -2.03. The van der Waals surface area contributed by atoms with Crippen LogP contribution in [0.2, 0.25) is 0 Å². The zero-order chi connectivity index (χ0) is 17.2. The van der Waals surface area contributed by atoms with Crippen LogP contribution in [0.5, 0.6) is 0 Å². The molecule has 2 N–H and O–H groups in total. The Morgan fingerprint density at radius 1 is 1.43 bits per heavy atom. The van der Waals surface area contributed by atoms with Crippen molar-refractivity contribution in [2.45, 2.75) is 38.8 Å². The molecule has 0 aliphatic carbocycles. The fourth-order valence-corrected chi connectivity index (χ4v) is 3.17. The van der Waals surface area contributed by atoms with Gasteiger partial charge in [-0.1, -0.05) is 0 Å². The van der Waals surface area contributed by atoms with Crippen molar-refractivity contribution < 1.29 is 17.9 Å². The topological polar surface area (TPSA) is 106 Å². The van der Waals surface area contributed by atoms with Gasteiger partial charge in [-0.05, 0) is 39.3 Å². The number of hydrogen-bond acceptors (Lipinski definition) is 6. The highest BCUT2D eigenvalue weighted by Crippen LogP contribution is 2.24. The minimum absolute atomic E-state index is 0.280. The van der Waals surface area contributed by atoms with Crippen LogP contribution in [0.4, 0.5) is 16.3 Å². The van der Waals surface area contributed by atoms with Crippen LogP contribution in [0, 0.1) is 0 Å². The first-order valence-corrected chi connectivity index (χ1v) is 8.43. The molecule has 1 aliphatic rings. The van der Waals surface area contributed by atoms with Crippen molar-refractivity contribution in [1.82, 2.24) is 9.88 Å². The van der Waals surface area contributed by atoms with Gasteiger partial charge in [-0.2, -0.15) is 0 Å². The van der Waals surface area contributed by atoms with Gasteiger partial charge in [-0.3, -0.25) is 4.31 Å². The Bertz CT molecular complexity index is 631. The van der Waals surface area contributed by atoms with Gasteiger partial charge in [-0.25, -0.2) is 18.2 Å². The van der Waals surface area contributed by atoms with Crippen molar-refractivity contribution in [3.05, 3.63) is 18.3 Å². The first-order chi connectivity index (χ1) is 10.7. The van der Waals surface area contributed by atoms with Crippen LogP contribution in [0.3, 0.4) is 0 Å². The molecule has 23 heavy (non-hydrogen) atoms. The van der Waals surface area contributed by atoms with E-state index in [-0.39, 0.29) is 12.6 Å². The summed E-state index contributed by atoms with van der Waals surface area (Å²) in [4.78, 5) is 17.5. The summed E-state index contributed by atoms with van der Waals surface area (Å²) in [6.45, 7) is 6.10. The maximum Gasteiger partial charge on any atom is 0.410 e. The number of nitrogen functional groups attached to an aromatic ring is 1. The highest BCUT2D eigenvalue weighted by atomic mass is 32.2. The van der Waals surface area contributed by atoms with E-state index in [1.807, 2.05) is 0 Å². The molecule has 1 unspecified atom stereocenters. The van der Waals surface area contributed by atoms with Crippen LogP contribution >= 0.6 is 0 Å². The van der Waals surface area contributed by atoms with Crippen LogP contribution < -0.4 is 10.0 Å². The van der Waals surface area contributed by atoms with E-state index in [2.05, 4.69) is 4.98 Å². The largest absolute Gasteiger partial charge is 0.444 e. The van der Waals surface area contributed by atoms with Crippen LogP contribution in [-0.2, 0) is 15.6 Å². The molecule has 1 aliphatic heterocycles. The molecular formula is C14H22N4O4S. The van der Waals surface area contributed by atoms with Crippen molar-refractivity contribution in [3.8, 4) is 0 Å². The number of likely N-dealkylation sites (tertiary alicyclic amines) is 1. The molecule has 8 nitrogen and oxygen atoms in total. The van der Waals surface area contributed by atoms with E-state index in [0.717, 1.165) is 0 Å². The Morgan fingerprint density at radius 3 is 2.65 bits per heavy atom. The lowest BCUT2D eigenvalue weighted by Crippen LogP contribution is -2.40. The highest BCUT2D eigenvalue weighted by molar-refractivity contribution is 7.74. The summed E-state index contributed by atoms with van der Waals surface area (Å²) in [5.74, 6) is 0.316. The third-order valence-electron chi connectivity index (χ3n) is 3.37. The Balaban J connectivity index is 2.11. The van der Waals surface area contributed by atoms with Gasteiger partial charge in [0.2, 0.25) is 10.9 Å². The Morgan fingerprint density at radius 2 is 2.13 bits per heavy atom. The number of carbonyl (C=O) groups is 1. The fraction of sp³-hybridized carbons (Fsp3) is 0.571. The number of nitrogens with zero attached hydrogens (tertiary/aromatic N) is 3. The first kappa shape index (κ1) is 17.3. The second-order valence-electron chi connectivity index (χ2n) is 6.39. The molecule has 0 saturated carbocycles. The normalized spacial score (nSPS) is 18.3. The molecule has 1 saturated heterocycles. The van der Waals surface area contributed by atoms with Crippen LogP contribution in [-0.4, -0.2) is 49.1 Å². The molecule has 128 valence electrons. The third-order valence-corrected chi connectivity index (χ3v) is 4.28. The van der Waals surface area contributed by atoms with Gasteiger partial charge in [0.25, 0.3) is 0 Å². The molecular weight excluding hydrogens is 320 g/mol. The maximum absolute atomic E-state index is 12.1. The zero-order valence-electron chi connectivity index (χ0n) is 13.4. The molecule has 2 rings (SSSR count). The van der Waals surface area contributed by atoms with E-state index in [1.165, 1.54) is 15.4 Å². The smallest absolute Gasteiger partial charge is 0.410 e. The average Bonchev–Trinajstić information content (AvgIpc) is 2.88. The van der Waals surface area contributed by atoms with Crippen LogP contribution in [0.15, 0.2) is 18.3 Å². The highest BCUT2D eigenvalue weighted by Gasteiger charge is 2.34. The van der Waals surface area contributed by atoms with Crippen LogP contribution in [0.25, 0.3) is 0 Å². The quantitative estimate of drug-likeness (QED) is 0.794. The van der Waals surface area contributed by atoms with E-state index in [4.69, 9.17) is 10.5 Å². The summed E-state index contributed by atoms with van der Waals surface area (Å²) in [5, 5.41) is 0. The fourth-order valence-electron chi connectivity index (χ4n) is 2.41. The second kappa shape index (κ2) is 6.61. The van der Waals surface area contributed by atoms with E-state index in [9.17, 15) is 13.2 Å². The van der Waals surface area contributed by atoms with E-state index < -0.39 is 22.6 Å². The molecule has 2 heterocycles.